The smallest absolute Gasteiger partial charge is 0.304 e. The Morgan fingerprint density at radius 1 is 1.37 bits per heavy atom. The highest BCUT2D eigenvalue weighted by Gasteiger charge is 2.35. The molecule has 1 aromatic heterocycles. The van der Waals surface area contributed by atoms with Crippen LogP contribution in [0, 0.1) is 0 Å². The Bertz CT molecular complexity index is 768. The summed E-state index contributed by atoms with van der Waals surface area (Å²) in [6.45, 7) is 1.09. The molecule has 1 unspecified atom stereocenters. The summed E-state index contributed by atoms with van der Waals surface area (Å²) in [6, 6.07) is 9.92. The van der Waals surface area contributed by atoms with Gasteiger partial charge in [0, 0.05) is 18.1 Å². The highest BCUT2D eigenvalue weighted by atomic mass is 16.5. The second-order valence-corrected chi connectivity index (χ2v) is 6.84. The molecule has 1 heterocycles. The second kappa shape index (κ2) is 9.32. The fourth-order valence-electron chi connectivity index (χ4n) is 3.29. The summed E-state index contributed by atoms with van der Waals surface area (Å²) in [5, 5.41) is 25.2. The van der Waals surface area contributed by atoms with Crippen LogP contribution in [0.1, 0.15) is 66.5 Å². The van der Waals surface area contributed by atoms with E-state index in [1.165, 1.54) is 6.21 Å². The standard InChI is InChI=1S/C20H24N2O5/c23-18(24)11-16(7-4-10-26-13-14-5-2-1-3-6-14)20-19(15-8-9-15)17(12-21-25)27-22-20/h1-3,5-6,12,15-16,25H,4,7-11,13H2,(H,23,24). The molecule has 0 radical (unpaired) electrons. The van der Waals surface area contributed by atoms with Gasteiger partial charge in [0.2, 0.25) is 0 Å². The predicted octanol–water partition coefficient (Wildman–Crippen LogP) is 3.92. The molecule has 1 saturated carbocycles. The highest BCUT2D eigenvalue weighted by molar-refractivity contribution is 5.78. The van der Waals surface area contributed by atoms with Gasteiger partial charge in [0.15, 0.2) is 5.76 Å². The summed E-state index contributed by atoms with van der Waals surface area (Å²) in [5.74, 6) is -0.383. The van der Waals surface area contributed by atoms with Crippen molar-refractivity contribution >= 4 is 12.2 Å². The number of aromatic nitrogens is 1. The van der Waals surface area contributed by atoms with Crippen molar-refractivity contribution in [3.8, 4) is 0 Å². The zero-order chi connectivity index (χ0) is 19.1. The number of rotatable bonds is 11. The molecule has 1 fully saturated rings. The minimum absolute atomic E-state index is 0.0132. The molecular weight excluding hydrogens is 348 g/mol. The normalized spacial score (nSPS) is 15.3. The molecule has 1 aliphatic carbocycles. The van der Waals surface area contributed by atoms with Gasteiger partial charge in [-0.25, -0.2) is 0 Å². The van der Waals surface area contributed by atoms with Crippen LogP contribution in [0.2, 0.25) is 0 Å². The summed E-state index contributed by atoms with van der Waals surface area (Å²) in [4.78, 5) is 11.3. The van der Waals surface area contributed by atoms with E-state index in [0.717, 1.165) is 30.4 Å². The summed E-state index contributed by atoms with van der Waals surface area (Å²) in [6.07, 6.45) is 4.61. The van der Waals surface area contributed by atoms with E-state index in [2.05, 4.69) is 10.3 Å². The van der Waals surface area contributed by atoms with E-state index in [0.29, 0.717) is 37.0 Å². The Morgan fingerprint density at radius 2 is 2.15 bits per heavy atom. The van der Waals surface area contributed by atoms with Crippen LogP contribution in [0.4, 0.5) is 0 Å². The maximum absolute atomic E-state index is 11.3. The van der Waals surface area contributed by atoms with Gasteiger partial charge in [-0.1, -0.05) is 40.6 Å². The number of carboxylic acids is 1. The van der Waals surface area contributed by atoms with Gasteiger partial charge in [0.1, 0.15) is 6.21 Å². The van der Waals surface area contributed by atoms with Gasteiger partial charge in [0.25, 0.3) is 0 Å². The van der Waals surface area contributed by atoms with Crippen molar-refractivity contribution in [3.05, 3.63) is 52.9 Å². The minimum atomic E-state index is -0.868. The van der Waals surface area contributed by atoms with Crippen molar-refractivity contribution in [1.29, 1.82) is 0 Å². The van der Waals surface area contributed by atoms with Gasteiger partial charge >= 0.3 is 5.97 Å². The molecule has 1 atom stereocenters. The third-order valence-electron chi connectivity index (χ3n) is 4.70. The van der Waals surface area contributed by atoms with Gasteiger partial charge in [-0.15, -0.1) is 0 Å². The molecule has 1 aliphatic rings. The lowest BCUT2D eigenvalue weighted by atomic mass is 9.91. The SMILES string of the molecule is O=C(O)CC(CCCOCc1ccccc1)c1noc(C=NO)c1C1CC1. The van der Waals surface area contributed by atoms with Crippen LogP contribution in [0.3, 0.4) is 0 Å². The molecule has 2 N–H and O–H groups in total. The van der Waals surface area contributed by atoms with Crippen molar-refractivity contribution < 1.29 is 24.4 Å². The van der Waals surface area contributed by atoms with E-state index in [9.17, 15) is 9.90 Å². The summed E-state index contributed by atoms with van der Waals surface area (Å²) in [7, 11) is 0. The number of hydrogen-bond acceptors (Lipinski definition) is 6. The molecular formula is C20H24N2O5. The summed E-state index contributed by atoms with van der Waals surface area (Å²) >= 11 is 0. The molecule has 7 heteroatoms. The van der Waals surface area contributed by atoms with E-state index >= 15 is 0 Å². The Kier molecular flexibility index (Phi) is 6.59. The van der Waals surface area contributed by atoms with Crippen molar-refractivity contribution in [2.24, 2.45) is 5.16 Å². The Labute approximate surface area is 157 Å². The number of ether oxygens (including phenoxy) is 1. The molecule has 27 heavy (non-hydrogen) atoms. The molecule has 7 nitrogen and oxygen atoms in total. The minimum Gasteiger partial charge on any atom is -0.481 e. The van der Waals surface area contributed by atoms with Gasteiger partial charge < -0.3 is 19.6 Å². The zero-order valence-corrected chi connectivity index (χ0v) is 15.1. The van der Waals surface area contributed by atoms with Crippen LogP contribution in [0.5, 0.6) is 0 Å². The molecule has 2 aromatic rings. The van der Waals surface area contributed by atoms with Gasteiger partial charge in [-0.3, -0.25) is 4.79 Å². The second-order valence-electron chi connectivity index (χ2n) is 6.84. The van der Waals surface area contributed by atoms with Crippen LogP contribution in [0.15, 0.2) is 40.0 Å². The first-order chi connectivity index (χ1) is 13.2. The fraction of sp³-hybridized carbons (Fsp3) is 0.450. The van der Waals surface area contributed by atoms with Crippen molar-refractivity contribution in [2.45, 2.75) is 50.5 Å². The molecule has 1 aromatic carbocycles. The van der Waals surface area contributed by atoms with E-state index in [-0.39, 0.29) is 12.3 Å². The lowest BCUT2D eigenvalue weighted by molar-refractivity contribution is -0.137. The zero-order valence-electron chi connectivity index (χ0n) is 15.1. The van der Waals surface area contributed by atoms with Gasteiger partial charge in [0.05, 0.1) is 18.7 Å². The average molecular weight is 372 g/mol. The first-order valence-corrected chi connectivity index (χ1v) is 9.19. The third-order valence-corrected chi connectivity index (χ3v) is 4.70. The third kappa shape index (κ3) is 5.40. The first kappa shape index (κ1) is 19.1. The number of carboxylic acid groups (broad SMARTS) is 1. The number of oxime groups is 1. The largest absolute Gasteiger partial charge is 0.481 e. The Hall–Kier alpha value is -2.67. The molecule has 0 bridgehead atoms. The number of carbonyl (C=O) groups is 1. The van der Waals surface area contributed by atoms with Crippen LogP contribution in [0.25, 0.3) is 0 Å². The van der Waals surface area contributed by atoms with E-state index in [1.807, 2.05) is 30.3 Å². The van der Waals surface area contributed by atoms with E-state index < -0.39 is 5.97 Å². The lowest BCUT2D eigenvalue weighted by Gasteiger charge is -2.14. The maximum atomic E-state index is 11.3. The van der Waals surface area contributed by atoms with Gasteiger partial charge in [-0.2, -0.15) is 0 Å². The molecule has 0 spiro atoms. The molecule has 0 aliphatic heterocycles. The van der Waals surface area contributed by atoms with Crippen LogP contribution in [-0.4, -0.2) is 34.3 Å². The first-order valence-electron chi connectivity index (χ1n) is 9.19. The Morgan fingerprint density at radius 3 is 2.81 bits per heavy atom. The van der Waals surface area contributed by atoms with Crippen molar-refractivity contribution in [2.75, 3.05) is 6.61 Å². The number of nitrogens with zero attached hydrogens (tertiary/aromatic N) is 2. The van der Waals surface area contributed by atoms with Crippen molar-refractivity contribution in [1.82, 2.24) is 5.16 Å². The molecule has 144 valence electrons. The van der Waals surface area contributed by atoms with Crippen LogP contribution < -0.4 is 0 Å². The lowest BCUT2D eigenvalue weighted by Crippen LogP contribution is -2.10. The van der Waals surface area contributed by atoms with Crippen LogP contribution >= 0.6 is 0 Å². The quantitative estimate of drug-likeness (QED) is 0.268. The summed E-state index contributed by atoms with van der Waals surface area (Å²) < 4.78 is 11.0. The van der Waals surface area contributed by atoms with E-state index in [4.69, 9.17) is 14.5 Å². The number of benzene rings is 1. The van der Waals surface area contributed by atoms with E-state index in [1.54, 1.807) is 0 Å². The monoisotopic (exact) mass is 372 g/mol. The fourth-order valence-corrected chi connectivity index (χ4v) is 3.29. The number of hydrogen-bond donors (Lipinski definition) is 2. The van der Waals surface area contributed by atoms with Crippen molar-refractivity contribution in [3.63, 3.8) is 0 Å². The van der Waals surface area contributed by atoms with Gasteiger partial charge in [-0.05, 0) is 37.2 Å². The Balaban J connectivity index is 1.60. The summed E-state index contributed by atoms with van der Waals surface area (Å²) in [5.41, 5.74) is 2.68. The average Bonchev–Trinajstić information content (AvgIpc) is 3.41. The predicted molar refractivity (Wildman–Crippen MR) is 98.2 cm³/mol. The topological polar surface area (TPSA) is 105 Å². The molecule has 0 saturated heterocycles. The van der Waals surface area contributed by atoms with Crippen LogP contribution in [-0.2, 0) is 16.1 Å². The number of aliphatic carboxylic acids is 1. The highest BCUT2D eigenvalue weighted by Crippen LogP contribution is 2.45. The molecule has 0 amide bonds. The molecule has 3 rings (SSSR count). The maximum Gasteiger partial charge on any atom is 0.304 e.